The number of hydrogen-bond donors (Lipinski definition) is 2. The number of fused-ring (bicyclic) bond motifs is 2. The summed E-state index contributed by atoms with van der Waals surface area (Å²) in [4.78, 5) is 44.5. The summed E-state index contributed by atoms with van der Waals surface area (Å²) in [7, 11) is 1.57. The number of urea groups is 1. The van der Waals surface area contributed by atoms with Crippen LogP contribution in [-0.4, -0.2) is 75.1 Å². The Morgan fingerprint density at radius 3 is 2.33 bits per heavy atom. The highest BCUT2D eigenvalue weighted by Crippen LogP contribution is 2.32. The quantitative estimate of drug-likeness (QED) is 0.326. The van der Waals surface area contributed by atoms with Crippen molar-refractivity contribution in [3.05, 3.63) is 108 Å². The molecule has 2 heterocycles. The van der Waals surface area contributed by atoms with E-state index in [2.05, 4.69) is 5.32 Å². The number of benzene rings is 4. The van der Waals surface area contributed by atoms with Crippen LogP contribution in [0.5, 0.6) is 5.75 Å². The Hall–Kier alpha value is -5.10. The Morgan fingerprint density at radius 2 is 1.62 bits per heavy atom. The number of rotatable bonds is 5. The molecule has 2 fully saturated rings. The zero-order valence-corrected chi connectivity index (χ0v) is 24.2. The maximum atomic E-state index is 14.2. The van der Waals surface area contributed by atoms with Gasteiger partial charge in [-0.2, -0.15) is 13.2 Å². The molecular formula is C33H30F3N5O4. The van der Waals surface area contributed by atoms with E-state index in [1.807, 2.05) is 42.5 Å². The lowest BCUT2D eigenvalue weighted by molar-refractivity contribution is -0.186. The first kappa shape index (κ1) is 29.9. The van der Waals surface area contributed by atoms with Crippen molar-refractivity contribution in [1.82, 2.24) is 19.8 Å². The third kappa shape index (κ3) is 6.01. The standard InChI is InChI=1S/C33H30F3N5O4/c1-38-20-30(43)40-28(17-21-9-15-26(42)16-10-21)31(44)39(18-23-7-4-6-22-5-2-3-8-27(22)23)19-29(40)41(38)32(45)37-25-13-11-24(12-14-25)33(34,35)36/h2-16,28-29,42H,17-20H2,1H3,(H,37,45)/t28-,29-/m0/s1. The van der Waals surface area contributed by atoms with Crippen LogP contribution < -0.4 is 5.32 Å². The Bertz CT molecular complexity index is 1740. The maximum absolute atomic E-state index is 14.2. The third-order valence-electron chi connectivity index (χ3n) is 8.22. The summed E-state index contributed by atoms with van der Waals surface area (Å²) in [5, 5.41) is 17.2. The number of nitrogens with zero attached hydrogens (tertiary/aromatic N) is 4. The zero-order chi connectivity index (χ0) is 31.9. The maximum Gasteiger partial charge on any atom is 0.416 e. The summed E-state index contributed by atoms with van der Waals surface area (Å²) in [6.07, 6.45) is -5.28. The van der Waals surface area contributed by atoms with Crippen LogP contribution in [0.3, 0.4) is 0 Å². The number of carbonyl (C=O) groups excluding carboxylic acids is 3. The summed E-state index contributed by atoms with van der Waals surface area (Å²) in [5.74, 6) is -0.567. The molecule has 2 aliphatic rings. The molecule has 6 rings (SSSR count). The molecule has 2 aliphatic heterocycles. The number of likely N-dealkylation sites (N-methyl/N-ethyl adjacent to an activating group) is 1. The average Bonchev–Trinajstić information content (AvgIpc) is 3.00. The van der Waals surface area contributed by atoms with Crippen molar-refractivity contribution in [2.45, 2.75) is 31.3 Å². The number of phenolic OH excluding ortho intramolecular Hbond substituents is 1. The summed E-state index contributed by atoms with van der Waals surface area (Å²) in [5.41, 5.74) is 0.906. The number of phenols is 1. The minimum absolute atomic E-state index is 0.00461. The lowest BCUT2D eigenvalue weighted by Crippen LogP contribution is -2.75. The van der Waals surface area contributed by atoms with Gasteiger partial charge in [-0.25, -0.2) is 14.8 Å². The SMILES string of the molecule is CN1CC(=O)N2[C@@H](Cc3ccc(O)cc3)C(=O)N(Cc3cccc4ccccc34)C[C@@H]2N1C(=O)Nc1ccc(C(F)(F)F)cc1. The van der Waals surface area contributed by atoms with Crippen LogP contribution in [-0.2, 0) is 28.7 Å². The van der Waals surface area contributed by atoms with E-state index < -0.39 is 30.0 Å². The number of aromatic hydroxyl groups is 1. The third-order valence-corrected chi connectivity index (χ3v) is 8.22. The molecule has 4 aromatic carbocycles. The molecule has 0 unspecified atom stereocenters. The molecule has 4 amide bonds. The van der Waals surface area contributed by atoms with Crippen molar-refractivity contribution < 1.29 is 32.7 Å². The minimum Gasteiger partial charge on any atom is -0.508 e. The predicted octanol–water partition coefficient (Wildman–Crippen LogP) is 5.07. The molecule has 0 saturated carbocycles. The number of piperazine rings is 1. The topological polar surface area (TPSA) is 96.4 Å². The van der Waals surface area contributed by atoms with E-state index in [-0.39, 0.29) is 49.3 Å². The van der Waals surface area contributed by atoms with E-state index in [9.17, 15) is 32.7 Å². The molecule has 9 nitrogen and oxygen atoms in total. The van der Waals surface area contributed by atoms with Crippen LogP contribution in [0.1, 0.15) is 16.7 Å². The van der Waals surface area contributed by atoms with Gasteiger partial charge in [0, 0.05) is 25.7 Å². The number of anilines is 1. The molecule has 232 valence electrons. The highest BCUT2D eigenvalue weighted by atomic mass is 19.4. The highest BCUT2D eigenvalue weighted by molar-refractivity contribution is 5.94. The summed E-state index contributed by atoms with van der Waals surface area (Å²) in [6.45, 7) is 0.0349. The van der Waals surface area contributed by atoms with Gasteiger partial charge in [0.25, 0.3) is 0 Å². The first-order valence-corrected chi connectivity index (χ1v) is 14.3. The van der Waals surface area contributed by atoms with E-state index in [0.29, 0.717) is 5.56 Å². The van der Waals surface area contributed by atoms with Crippen molar-refractivity contribution in [2.24, 2.45) is 0 Å². The molecule has 45 heavy (non-hydrogen) atoms. The van der Waals surface area contributed by atoms with Crippen LogP contribution in [0.15, 0.2) is 91.0 Å². The van der Waals surface area contributed by atoms with Crippen LogP contribution >= 0.6 is 0 Å². The lowest BCUT2D eigenvalue weighted by atomic mass is 9.97. The van der Waals surface area contributed by atoms with Gasteiger partial charge in [-0.3, -0.25) is 9.59 Å². The van der Waals surface area contributed by atoms with Crippen molar-refractivity contribution in [3.8, 4) is 5.75 Å². The minimum atomic E-state index is -4.52. The van der Waals surface area contributed by atoms with Gasteiger partial charge in [0.15, 0.2) is 0 Å². The van der Waals surface area contributed by atoms with E-state index >= 15 is 0 Å². The fourth-order valence-electron chi connectivity index (χ4n) is 6.06. The molecule has 12 heteroatoms. The number of amides is 4. The highest BCUT2D eigenvalue weighted by Gasteiger charge is 2.50. The second-order valence-corrected chi connectivity index (χ2v) is 11.2. The Kier molecular flexibility index (Phi) is 7.83. The molecule has 2 N–H and O–H groups in total. The number of alkyl halides is 3. The van der Waals surface area contributed by atoms with Gasteiger partial charge in [-0.15, -0.1) is 0 Å². The molecule has 4 aromatic rings. The van der Waals surface area contributed by atoms with Gasteiger partial charge in [-0.1, -0.05) is 54.6 Å². The van der Waals surface area contributed by atoms with Crippen LogP contribution in [0.2, 0.25) is 0 Å². The second kappa shape index (κ2) is 11.8. The summed E-state index contributed by atoms with van der Waals surface area (Å²) in [6, 6.07) is 22.5. The normalized spacial score (nSPS) is 19.2. The largest absolute Gasteiger partial charge is 0.508 e. The average molecular weight is 618 g/mol. The molecule has 0 bridgehead atoms. The van der Waals surface area contributed by atoms with Crippen molar-refractivity contribution in [2.75, 3.05) is 25.5 Å². The number of halogens is 3. The first-order valence-electron chi connectivity index (χ1n) is 14.3. The number of hydrogen-bond acceptors (Lipinski definition) is 5. The van der Waals surface area contributed by atoms with Gasteiger partial charge >= 0.3 is 12.2 Å². The van der Waals surface area contributed by atoms with E-state index in [1.54, 1.807) is 24.1 Å². The van der Waals surface area contributed by atoms with Gasteiger partial charge in [0.05, 0.1) is 18.7 Å². The monoisotopic (exact) mass is 617 g/mol. The number of hydrazine groups is 1. The fourth-order valence-corrected chi connectivity index (χ4v) is 6.06. The molecular weight excluding hydrogens is 587 g/mol. The lowest BCUT2D eigenvalue weighted by Gasteiger charge is -2.54. The second-order valence-electron chi connectivity index (χ2n) is 11.2. The first-order chi connectivity index (χ1) is 21.5. The molecule has 0 spiro atoms. The van der Waals surface area contributed by atoms with E-state index in [4.69, 9.17) is 0 Å². The van der Waals surface area contributed by atoms with Crippen LogP contribution in [0.4, 0.5) is 23.7 Å². The number of carbonyl (C=O) groups is 3. The van der Waals surface area contributed by atoms with Gasteiger partial charge in [-0.05, 0) is 58.3 Å². The zero-order valence-electron chi connectivity index (χ0n) is 24.2. The number of nitrogens with one attached hydrogen (secondary N) is 1. The van der Waals surface area contributed by atoms with Gasteiger partial charge < -0.3 is 20.2 Å². The van der Waals surface area contributed by atoms with Gasteiger partial charge in [0.1, 0.15) is 18.0 Å². The fraction of sp³-hybridized carbons (Fsp3) is 0.242. The smallest absolute Gasteiger partial charge is 0.416 e. The van der Waals surface area contributed by atoms with Crippen molar-refractivity contribution in [3.63, 3.8) is 0 Å². The van der Waals surface area contributed by atoms with Crippen molar-refractivity contribution >= 4 is 34.3 Å². The van der Waals surface area contributed by atoms with E-state index in [1.165, 1.54) is 39.2 Å². The predicted molar refractivity (Wildman–Crippen MR) is 161 cm³/mol. The molecule has 0 aliphatic carbocycles. The van der Waals surface area contributed by atoms with Gasteiger partial charge in [0.2, 0.25) is 11.8 Å². The van der Waals surface area contributed by atoms with Crippen molar-refractivity contribution in [1.29, 1.82) is 0 Å². The summed E-state index contributed by atoms with van der Waals surface area (Å²) >= 11 is 0. The Morgan fingerprint density at radius 1 is 0.933 bits per heavy atom. The van der Waals surface area contributed by atoms with Crippen LogP contribution in [0.25, 0.3) is 10.8 Å². The Balaban J connectivity index is 1.34. The molecule has 0 radical (unpaired) electrons. The van der Waals surface area contributed by atoms with E-state index in [0.717, 1.165) is 28.5 Å². The summed E-state index contributed by atoms with van der Waals surface area (Å²) < 4.78 is 39.3. The Labute approximate surface area is 257 Å². The molecule has 0 aromatic heterocycles. The molecule has 2 atom stereocenters. The van der Waals surface area contributed by atoms with Crippen LogP contribution in [0, 0.1) is 0 Å². The molecule has 2 saturated heterocycles.